The summed E-state index contributed by atoms with van der Waals surface area (Å²) in [5.41, 5.74) is 7.27. The molecule has 0 saturated carbocycles. The second kappa shape index (κ2) is 7.16. The van der Waals surface area contributed by atoms with Gasteiger partial charge in [-0.3, -0.25) is 9.78 Å². The molecule has 0 fully saturated rings. The van der Waals surface area contributed by atoms with Crippen LogP contribution in [0.2, 0.25) is 0 Å². The van der Waals surface area contributed by atoms with Crippen LogP contribution < -0.4 is 11.1 Å². The van der Waals surface area contributed by atoms with E-state index in [0.29, 0.717) is 23.8 Å². The van der Waals surface area contributed by atoms with Crippen molar-refractivity contribution < 1.29 is 4.79 Å². The minimum absolute atomic E-state index is 0.0348. The van der Waals surface area contributed by atoms with Gasteiger partial charge in [-0.05, 0) is 18.7 Å². The average molecular weight is 280 g/mol. The Labute approximate surface area is 119 Å². The molecule has 1 rings (SSSR count). The molecular weight excluding hydrogens is 260 g/mol. The lowest BCUT2D eigenvalue weighted by molar-refractivity contribution is -0.124. The lowest BCUT2D eigenvalue weighted by Crippen LogP contribution is -2.34. The van der Waals surface area contributed by atoms with E-state index < -0.39 is 0 Å². The molecule has 5 nitrogen and oxygen atoms in total. The maximum absolute atomic E-state index is 11.5. The normalized spacial score (nSPS) is 12.2. The monoisotopic (exact) mass is 280 g/mol. The summed E-state index contributed by atoms with van der Waals surface area (Å²) in [4.78, 5) is 18.0. The largest absolute Gasteiger partial charge is 0.388 e. The number of amides is 1. The lowest BCUT2D eigenvalue weighted by Gasteiger charge is -2.21. The van der Waals surface area contributed by atoms with Gasteiger partial charge in [-0.15, -0.1) is 0 Å². The van der Waals surface area contributed by atoms with Crippen LogP contribution in [0.25, 0.3) is 0 Å². The summed E-state index contributed by atoms with van der Waals surface area (Å²) in [5, 5.41) is 2.64. The van der Waals surface area contributed by atoms with Crippen LogP contribution in [-0.4, -0.2) is 41.4 Å². The standard InChI is InChI=1S/C13H20N4OS/c1-9(13(18)15-2)7-17(3)8-10-5-4-6-16-11(10)12(14)19/h4-6,9H,7-8H2,1-3H3,(H2,14,19)(H,15,18). The van der Waals surface area contributed by atoms with Gasteiger partial charge in [-0.1, -0.05) is 25.2 Å². The van der Waals surface area contributed by atoms with Gasteiger partial charge in [0.1, 0.15) is 10.7 Å². The number of carbonyl (C=O) groups is 1. The molecule has 3 N–H and O–H groups in total. The van der Waals surface area contributed by atoms with Crippen LogP contribution in [0.4, 0.5) is 0 Å². The fourth-order valence-electron chi connectivity index (χ4n) is 1.94. The second-order valence-corrected chi connectivity index (χ2v) is 5.03. The predicted molar refractivity (Wildman–Crippen MR) is 79.7 cm³/mol. The Morgan fingerprint density at radius 3 is 2.89 bits per heavy atom. The second-order valence-electron chi connectivity index (χ2n) is 4.59. The zero-order valence-corrected chi connectivity index (χ0v) is 12.3. The number of hydrogen-bond donors (Lipinski definition) is 2. The topological polar surface area (TPSA) is 71.2 Å². The lowest BCUT2D eigenvalue weighted by atomic mass is 10.1. The summed E-state index contributed by atoms with van der Waals surface area (Å²) in [6.45, 7) is 3.21. The molecule has 0 radical (unpaired) electrons. The van der Waals surface area contributed by atoms with E-state index in [1.54, 1.807) is 13.2 Å². The molecule has 0 spiro atoms. The molecule has 0 aromatic carbocycles. The molecule has 0 saturated heterocycles. The van der Waals surface area contributed by atoms with Crippen molar-refractivity contribution >= 4 is 23.1 Å². The quantitative estimate of drug-likeness (QED) is 0.744. The van der Waals surface area contributed by atoms with Crippen molar-refractivity contribution in [2.75, 3.05) is 20.6 Å². The van der Waals surface area contributed by atoms with E-state index in [1.807, 2.05) is 26.1 Å². The summed E-state index contributed by atoms with van der Waals surface area (Å²) in [5.74, 6) is -0.0347. The molecule has 1 unspecified atom stereocenters. The summed E-state index contributed by atoms with van der Waals surface area (Å²) in [6, 6.07) is 3.80. The van der Waals surface area contributed by atoms with Gasteiger partial charge in [0.25, 0.3) is 0 Å². The van der Waals surface area contributed by atoms with Crippen molar-refractivity contribution in [1.29, 1.82) is 0 Å². The Balaban J connectivity index is 2.69. The van der Waals surface area contributed by atoms with Gasteiger partial charge in [0.05, 0.1) is 0 Å². The van der Waals surface area contributed by atoms with Crippen LogP contribution in [0, 0.1) is 5.92 Å². The molecule has 0 aliphatic rings. The highest BCUT2D eigenvalue weighted by atomic mass is 32.1. The zero-order chi connectivity index (χ0) is 14.4. The summed E-state index contributed by atoms with van der Waals surface area (Å²) in [6.07, 6.45) is 1.67. The molecule has 19 heavy (non-hydrogen) atoms. The molecule has 6 heteroatoms. The van der Waals surface area contributed by atoms with Crippen LogP contribution in [0.3, 0.4) is 0 Å². The van der Waals surface area contributed by atoms with Crippen molar-refractivity contribution in [2.45, 2.75) is 13.5 Å². The SMILES string of the molecule is CNC(=O)C(C)CN(C)Cc1cccnc1C(N)=S. The molecule has 1 heterocycles. The van der Waals surface area contributed by atoms with E-state index in [0.717, 1.165) is 5.56 Å². The van der Waals surface area contributed by atoms with Crippen molar-refractivity contribution in [3.63, 3.8) is 0 Å². The number of hydrogen-bond acceptors (Lipinski definition) is 4. The van der Waals surface area contributed by atoms with Crippen LogP contribution in [0.1, 0.15) is 18.2 Å². The molecular formula is C13H20N4OS. The Hall–Kier alpha value is -1.53. The predicted octanol–water partition coefficient (Wildman–Crippen LogP) is 0.530. The Bertz CT molecular complexity index is 464. The maximum Gasteiger partial charge on any atom is 0.223 e. The van der Waals surface area contributed by atoms with Gasteiger partial charge in [-0.25, -0.2) is 0 Å². The van der Waals surface area contributed by atoms with E-state index >= 15 is 0 Å². The van der Waals surface area contributed by atoms with Crippen LogP contribution in [-0.2, 0) is 11.3 Å². The van der Waals surface area contributed by atoms with Crippen molar-refractivity contribution in [2.24, 2.45) is 11.7 Å². The zero-order valence-electron chi connectivity index (χ0n) is 11.5. The van der Waals surface area contributed by atoms with Crippen LogP contribution >= 0.6 is 12.2 Å². The highest BCUT2D eigenvalue weighted by Gasteiger charge is 2.15. The first kappa shape index (κ1) is 15.5. The maximum atomic E-state index is 11.5. The molecule has 1 aromatic heterocycles. The smallest absolute Gasteiger partial charge is 0.223 e. The summed E-state index contributed by atoms with van der Waals surface area (Å²) in [7, 11) is 3.60. The first-order valence-corrected chi connectivity index (χ1v) is 6.50. The molecule has 104 valence electrons. The van der Waals surface area contributed by atoms with Gasteiger partial charge in [-0.2, -0.15) is 0 Å². The van der Waals surface area contributed by atoms with Gasteiger partial charge >= 0.3 is 0 Å². The third-order valence-electron chi connectivity index (χ3n) is 2.84. The number of pyridine rings is 1. The minimum Gasteiger partial charge on any atom is -0.388 e. The highest BCUT2D eigenvalue weighted by Crippen LogP contribution is 2.09. The third-order valence-corrected chi connectivity index (χ3v) is 3.04. The summed E-state index contributed by atoms with van der Waals surface area (Å²) < 4.78 is 0. The fraction of sp³-hybridized carbons (Fsp3) is 0.462. The minimum atomic E-state index is -0.0695. The molecule has 0 bridgehead atoms. The number of aromatic nitrogens is 1. The Morgan fingerprint density at radius 2 is 2.32 bits per heavy atom. The van der Waals surface area contributed by atoms with Crippen molar-refractivity contribution in [1.82, 2.24) is 15.2 Å². The van der Waals surface area contributed by atoms with Crippen LogP contribution in [0.5, 0.6) is 0 Å². The van der Waals surface area contributed by atoms with Gasteiger partial charge in [0.15, 0.2) is 0 Å². The molecule has 0 aliphatic heterocycles. The van der Waals surface area contributed by atoms with Crippen molar-refractivity contribution in [3.8, 4) is 0 Å². The molecule has 0 aliphatic carbocycles. The van der Waals surface area contributed by atoms with Crippen molar-refractivity contribution in [3.05, 3.63) is 29.6 Å². The first-order valence-electron chi connectivity index (χ1n) is 6.09. The van der Waals surface area contributed by atoms with Gasteiger partial charge < -0.3 is 16.0 Å². The van der Waals surface area contributed by atoms with E-state index in [4.69, 9.17) is 18.0 Å². The number of carbonyl (C=O) groups excluding carboxylic acids is 1. The summed E-state index contributed by atoms with van der Waals surface area (Å²) >= 11 is 4.98. The first-order chi connectivity index (χ1) is 8.95. The fourth-order valence-corrected chi connectivity index (χ4v) is 2.12. The number of nitrogens with two attached hydrogens (primary N) is 1. The molecule has 1 atom stereocenters. The van der Waals surface area contributed by atoms with E-state index in [9.17, 15) is 4.79 Å². The van der Waals surface area contributed by atoms with Gasteiger partial charge in [0.2, 0.25) is 5.91 Å². The number of rotatable bonds is 6. The average Bonchev–Trinajstić information content (AvgIpc) is 2.37. The number of nitrogens with zero attached hydrogens (tertiary/aromatic N) is 2. The third kappa shape index (κ3) is 4.57. The van der Waals surface area contributed by atoms with Crippen LogP contribution in [0.15, 0.2) is 18.3 Å². The highest BCUT2D eigenvalue weighted by molar-refractivity contribution is 7.80. The van der Waals surface area contributed by atoms with E-state index in [2.05, 4.69) is 15.2 Å². The number of thiocarbonyl (C=S) groups is 1. The Morgan fingerprint density at radius 1 is 1.63 bits per heavy atom. The van der Waals surface area contributed by atoms with Gasteiger partial charge in [0, 0.05) is 32.3 Å². The van der Waals surface area contributed by atoms with E-state index in [1.165, 1.54) is 0 Å². The molecule has 1 aromatic rings. The molecule has 1 amide bonds. The van der Waals surface area contributed by atoms with E-state index in [-0.39, 0.29) is 11.8 Å². The number of nitrogens with one attached hydrogen (secondary N) is 1. The Kier molecular flexibility index (Phi) is 5.85.